The van der Waals surface area contributed by atoms with Crippen molar-refractivity contribution in [1.82, 2.24) is 10.2 Å². The number of carbonyl (C=O) groups excluding carboxylic acids is 1. The van der Waals surface area contributed by atoms with Crippen LogP contribution in [-0.4, -0.2) is 30.4 Å². The summed E-state index contributed by atoms with van der Waals surface area (Å²) in [6.45, 7) is 3.01. The van der Waals surface area contributed by atoms with Crippen LogP contribution in [0.4, 0.5) is 4.79 Å². The molecule has 0 bridgehead atoms. The summed E-state index contributed by atoms with van der Waals surface area (Å²) in [6.07, 6.45) is 0. The Morgan fingerprint density at radius 3 is 2.82 bits per heavy atom. The molecule has 0 unspecified atom stereocenters. The molecule has 1 aromatic carbocycles. The molecule has 0 aliphatic carbocycles. The molecular weight excluding hydrogens is 216 g/mol. The van der Waals surface area contributed by atoms with E-state index in [0.29, 0.717) is 18.7 Å². The molecule has 4 N–H and O–H groups in total. The van der Waals surface area contributed by atoms with Crippen molar-refractivity contribution in [1.29, 1.82) is 5.41 Å². The van der Waals surface area contributed by atoms with E-state index in [4.69, 9.17) is 11.1 Å². The molecule has 0 saturated heterocycles. The number of amidine groups is 1. The Morgan fingerprint density at radius 1 is 1.53 bits per heavy atom. The lowest BCUT2D eigenvalue weighted by Crippen LogP contribution is -2.36. The first-order valence-electron chi connectivity index (χ1n) is 5.47. The quantitative estimate of drug-likeness (QED) is 0.539. The minimum atomic E-state index is -0.110. The summed E-state index contributed by atoms with van der Waals surface area (Å²) in [5.74, 6) is 0.0313. The summed E-state index contributed by atoms with van der Waals surface area (Å²) in [7, 11) is 1.74. The molecular formula is C12H18N4O. The van der Waals surface area contributed by atoms with Gasteiger partial charge in [0.15, 0.2) is 0 Å². The molecule has 0 atom stereocenters. The van der Waals surface area contributed by atoms with E-state index in [1.807, 2.05) is 19.1 Å². The topological polar surface area (TPSA) is 82.2 Å². The van der Waals surface area contributed by atoms with Crippen LogP contribution in [0.3, 0.4) is 0 Å². The number of carbonyl (C=O) groups is 1. The van der Waals surface area contributed by atoms with Gasteiger partial charge in [-0.2, -0.15) is 0 Å². The summed E-state index contributed by atoms with van der Waals surface area (Å²) in [4.78, 5) is 13.1. The summed E-state index contributed by atoms with van der Waals surface area (Å²) in [6, 6.07) is 7.17. The number of nitrogens with zero attached hydrogens (tertiary/aromatic N) is 1. The van der Waals surface area contributed by atoms with Crippen molar-refractivity contribution in [3.63, 3.8) is 0 Å². The van der Waals surface area contributed by atoms with Gasteiger partial charge in [-0.25, -0.2) is 4.79 Å². The number of nitrogen functional groups attached to an aromatic ring is 1. The van der Waals surface area contributed by atoms with Crippen molar-refractivity contribution in [2.45, 2.75) is 13.5 Å². The molecule has 17 heavy (non-hydrogen) atoms. The van der Waals surface area contributed by atoms with Gasteiger partial charge in [0.05, 0.1) is 0 Å². The van der Waals surface area contributed by atoms with Gasteiger partial charge in [-0.15, -0.1) is 0 Å². The zero-order valence-electron chi connectivity index (χ0n) is 10.2. The van der Waals surface area contributed by atoms with Crippen LogP contribution in [0.15, 0.2) is 24.3 Å². The monoisotopic (exact) mass is 234 g/mol. The zero-order valence-corrected chi connectivity index (χ0v) is 10.2. The third-order valence-corrected chi connectivity index (χ3v) is 2.50. The predicted molar refractivity (Wildman–Crippen MR) is 68.0 cm³/mol. The van der Waals surface area contributed by atoms with Gasteiger partial charge in [-0.05, 0) is 18.6 Å². The number of benzene rings is 1. The van der Waals surface area contributed by atoms with Crippen LogP contribution in [0.25, 0.3) is 0 Å². The van der Waals surface area contributed by atoms with E-state index in [-0.39, 0.29) is 11.9 Å². The molecule has 0 fully saturated rings. The molecule has 0 aliphatic heterocycles. The third-order valence-electron chi connectivity index (χ3n) is 2.50. The van der Waals surface area contributed by atoms with Crippen molar-refractivity contribution >= 4 is 11.9 Å². The Bertz CT molecular complexity index is 417. The van der Waals surface area contributed by atoms with Crippen LogP contribution in [0.5, 0.6) is 0 Å². The van der Waals surface area contributed by atoms with E-state index in [9.17, 15) is 4.79 Å². The molecule has 0 heterocycles. The molecule has 0 saturated carbocycles. The molecule has 92 valence electrons. The van der Waals surface area contributed by atoms with Gasteiger partial charge in [0.25, 0.3) is 0 Å². The molecule has 0 spiro atoms. The molecule has 2 amide bonds. The SMILES string of the molecule is CCN(C)C(=O)NCc1cccc(C(=N)N)c1. The molecule has 1 rings (SSSR count). The highest BCUT2D eigenvalue weighted by atomic mass is 16.2. The van der Waals surface area contributed by atoms with E-state index in [0.717, 1.165) is 5.56 Å². The second-order valence-corrected chi connectivity index (χ2v) is 3.79. The Labute approximate surface area is 101 Å². The van der Waals surface area contributed by atoms with Gasteiger partial charge in [-0.1, -0.05) is 18.2 Å². The summed E-state index contributed by atoms with van der Waals surface area (Å²) in [5.41, 5.74) is 6.99. The van der Waals surface area contributed by atoms with Gasteiger partial charge in [0.2, 0.25) is 0 Å². The summed E-state index contributed by atoms with van der Waals surface area (Å²) >= 11 is 0. The zero-order chi connectivity index (χ0) is 12.8. The van der Waals surface area contributed by atoms with Crippen LogP contribution in [0.2, 0.25) is 0 Å². The maximum atomic E-state index is 11.5. The number of urea groups is 1. The van der Waals surface area contributed by atoms with Gasteiger partial charge in [0, 0.05) is 25.7 Å². The highest BCUT2D eigenvalue weighted by molar-refractivity contribution is 5.95. The van der Waals surface area contributed by atoms with E-state index in [1.165, 1.54) is 0 Å². The van der Waals surface area contributed by atoms with Crippen molar-refractivity contribution in [2.75, 3.05) is 13.6 Å². The Kier molecular flexibility index (Phi) is 4.51. The lowest BCUT2D eigenvalue weighted by molar-refractivity contribution is 0.210. The van der Waals surface area contributed by atoms with Crippen LogP contribution >= 0.6 is 0 Å². The minimum absolute atomic E-state index is 0.0313. The van der Waals surface area contributed by atoms with E-state index >= 15 is 0 Å². The molecule has 0 aromatic heterocycles. The maximum Gasteiger partial charge on any atom is 0.317 e. The number of amides is 2. The Balaban J connectivity index is 2.60. The maximum absolute atomic E-state index is 11.5. The highest BCUT2D eigenvalue weighted by Crippen LogP contribution is 2.04. The van der Waals surface area contributed by atoms with Crippen molar-refractivity contribution in [2.24, 2.45) is 5.73 Å². The van der Waals surface area contributed by atoms with Crippen LogP contribution < -0.4 is 11.1 Å². The first-order valence-corrected chi connectivity index (χ1v) is 5.47. The number of hydrogen-bond acceptors (Lipinski definition) is 2. The lowest BCUT2D eigenvalue weighted by Gasteiger charge is -2.15. The largest absolute Gasteiger partial charge is 0.384 e. The average Bonchev–Trinajstić information content (AvgIpc) is 2.35. The Hall–Kier alpha value is -2.04. The molecule has 0 aliphatic rings. The average molecular weight is 234 g/mol. The first-order chi connectivity index (χ1) is 8.04. The van der Waals surface area contributed by atoms with Gasteiger partial charge in [0.1, 0.15) is 5.84 Å². The minimum Gasteiger partial charge on any atom is -0.384 e. The number of nitrogens with one attached hydrogen (secondary N) is 2. The fourth-order valence-corrected chi connectivity index (χ4v) is 1.31. The fraction of sp³-hybridized carbons (Fsp3) is 0.333. The van der Waals surface area contributed by atoms with Crippen molar-refractivity contribution in [3.8, 4) is 0 Å². The molecule has 1 aromatic rings. The normalized spacial score (nSPS) is 9.76. The Morgan fingerprint density at radius 2 is 2.24 bits per heavy atom. The molecule has 0 radical (unpaired) electrons. The third kappa shape index (κ3) is 3.79. The first kappa shape index (κ1) is 13.0. The number of nitrogens with two attached hydrogens (primary N) is 1. The predicted octanol–water partition coefficient (Wildman–Crippen LogP) is 1.13. The molecule has 5 heteroatoms. The number of hydrogen-bond donors (Lipinski definition) is 3. The summed E-state index contributed by atoms with van der Waals surface area (Å²) in [5, 5.41) is 10.1. The fourth-order valence-electron chi connectivity index (χ4n) is 1.31. The van der Waals surface area contributed by atoms with Gasteiger partial charge in [-0.3, -0.25) is 5.41 Å². The van der Waals surface area contributed by atoms with E-state index in [2.05, 4.69) is 5.32 Å². The number of rotatable bonds is 4. The summed E-state index contributed by atoms with van der Waals surface area (Å²) < 4.78 is 0. The van der Waals surface area contributed by atoms with Crippen molar-refractivity contribution < 1.29 is 4.79 Å². The smallest absolute Gasteiger partial charge is 0.317 e. The van der Waals surface area contributed by atoms with Gasteiger partial charge < -0.3 is 16.0 Å². The second kappa shape index (κ2) is 5.89. The van der Waals surface area contributed by atoms with Crippen LogP contribution in [0.1, 0.15) is 18.1 Å². The standard InChI is InChI=1S/C12H18N4O/c1-3-16(2)12(17)15-8-9-5-4-6-10(7-9)11(13)14/h4-7H,3,8H2,1-2H3,(H3,13,14)(H,15,17). The lowest BCUT2D eigenvalue weighted by atomic mass is 10.1. The van der Waals surface area contributed by atoms with E-state index in [1.54, 1.807) is 24.1 Å². The van der Waals surface area contributed by atoms with Gasteiger partial charge >= 0.3 is 6.03 Å². The van der Waals surface area contributed by atoms with Crippen LogP contribution in [0, 0.1) is 5.41 Å². The highest BCUT2D eigenvalue weighted by Gasteiger charge is 2.05. The van der Waals surface area contributed by atoms with Crippen molar-refractivity contribution in [3.05, 3.63) is 35.4 Å². The van der Waals surface area contributed by atoms with Crippen LogP contribution in [-0.2, 0) is 6.54 Å². The van der Waals surface area contributed by atoms with E-state index < -0.39 is 0 Å². The molecule has 5 nitrogen and oxygen atoms in total. The second-order valence-electron chi connectivity index (χ2n) is 3.79.